The Morgan fingerprint density at radius 1 is 1.50 bits per heavy atom. The van der Waals surface area contributed by atoms with Gasteiger partial charge in [0.2, 0.25) is 0 Å². The number of rotatable bonds is 4. The van der Waals surface area contributed by atoms with Gasteiger partial charge in [0, 0.05) is 19.6 Å². The number of hydrogen-bond acceptors (Lipinski definition) is 5. The van der Waals surface area contributed by atoms with E-state index in [9.17, 15) is 5.11 Å². The van der Waals surface area contributed by atoms with Crippen molar-refractivity contribution >= 4 is 5.96 Å². The second-order valence-corrected chi connectivity index (χ2v) is 4.10. The molecule has 1 aromatic carbocycles. The van der Waals surface area contributed by atoms with Gasteiger partial charge in [-0.2, -0.15) is 0 Å². The second-order valence-electron chi connectivity index (χ2n) is 4.10. The summed E-state index contributed by atoms with van der Waals surface area (Å²) in [5.74, 6) is 1.54. The Morgan fingerprint density at radius 3 is 3.11 bits per heavy atom. The molecular formula is C13H19N3O2. The highest BCUT2D eigenvalue weighted by molar-refractivity contribution is 5.80. The van der Waals surface area contributed by atoms with Crippen LogP contribution in [0.4, 0.5) is 0 Å². The lowest BCUT2D eigenvalue weighted by Gasteiger charge is -2.16. The zero-order valence-corrected chi connectivity index (χ0v) is 10.6. The van der Waals surface area contributed by atoms with Crippen molar-refractivity contribution in [3.8, 4) is 11.5 Å². The maximum absolute atomic E-state index is 9.60. The zero-order chi connectivity index (χ0) is 12.8. The molecule has 0 atom stereocenters. The predicted molar refractivity (Wildman–Crippen MR) is 71.0 cm³/mol. The van der Waals surface area contributed by atoms with Gasteiger partial charge in [-0.15, -0.1) is 0 Å². The molecule has 0 aromatic heterocycles. The molecule has 1 heterocycles. The fourth-order valence-corrected chi connectivity index (χ4v) is 1.78. The number of hydrogen-bond donors (Lipinski definition) is 3. The number of aliphatic imine (C=N–C) groups is 1. The number of phenolic OH excluding ortho intramolecular Hbond substituents is 1. The quantitative estimate of drug-likeness (QED) is 0.751. The molecule has 5 nitrogen and oxygen atoms in total. The maximum atomic E-state index is 9.60. The molecule has 1 aliphatic heterocycles. The zero-order valence-electron chi connectivity index (χ0n) is 10.6. The third kappa shape index (κ3) is 3.29. The van der Waals surface area contributed by atoms with Gasteiger partial charge in [0.05, 0.1) is 6.61 Å². The average molecular weight is 249 g/mol. The first kappa shape index (κ1) is 12.5. The Labute approximate surface area is 107 Å². The summed E-state index contributed by atoms with van der Waals surface area (Å²) in [6.07, 6.45) is 1.08. The van der Waals surface area contributed by atoms with Crippen LogP contribution in [0.1, 0.15) is 18.9 Å². The molecule has 0 saturated carbocycles. The van der Waals surface area contributed by atoms with Gasteiger partial charge in [0.1, 0.15) is 0 Å². The molecule has 98 valence electrons. The summed E-state index contributed by atoms with van der Waals surface area (Å²) in [5, 5.41) is 16.0. The van der Waals surface area contributed by atoms with Crippen LogP contribution in [0.3, 0.4) is 0 Å². The molecule has 18 heavy (non-hydrogen) atoms. The van der Waals surface area contributed by atoms with Crippen LogP contribution in [0.15, 0.2) is 23.2 Å². The monoisotopic (exact) mass is 249 g/mol. The number of nitrogens with one attached hydrogen (secondary N) is 2. The van der Waals surface area contributed by atoms with Gasteiger partial charge in [0.15, 0.2) is 17.5 Å². The summed E-state index contributed by atoms with van der Waals surface area (Å²) >= 11 is 0. The van der Waals surface area contributed by atoms with Gasteiger partial charge in [-0.1, -0.05) is 6.07 Å². The van der Waals surface area contributed by atoms with Crippen LogP contribution in [0, 0.1) is 0 Å². The molecule has 0 saturated heterocycles. The van der Waals surface area contributed by atoms with Gasteiger partial charge in [-0.25, -0.2) is 0 Å². The van der Waals surface area contributed by atoms with Crippen LogP contribution in [-0.4, -0.2) is 30.8 Å². The largest absolute Gasteiger partial charge is 0.504 e. The van der Waals surface area contributed by atoms with E-state index in [0.717, 1.165) is 31.0 Å². The van der Waals surface area contributed by atoms with E-state index in [4.69, 9.17) is 4.74 Å². The summed E-state index contributed by atoms with van der Waals surface area (Å²) in [7, 11) is 0. The summed E-state index contributed by atoms with van der Waals surface area (Å²) in [5.41, 5.74) is 1.05. The number of benzene rings is 1. The molecule has 1 aromatic rings. The first-order valence-electron chi connectivity index (χ1n) is 6.26. The van der Waals surface area contributed by atoms with Crippen molar-refractivity contribution in [2.45, 2.75) is 19.9 Å². The van der Waals surface area contributed by atoms with Crippen molar-refractivity contribution in [1.29, 1.82) is 0 Å². The standard InChI is InChI=1S/C13H19N3O2/c1-2-18-12-8-10(4-5-11(12)17)9-16-13-14-6-3-7-15-13/h4-5,8,17H,2-3,6-7,9H2,1H3,(H2,14,15,16). The highest BCUT2D eigenvalue weighted by Gasteiger charge is 2.06. The van der Waals surface area contributed by atoms with Crippen molar-refractivity contribution in [1.82, 2.24) is 10.6 Å². The molecule has 0 spiro atoms. The van der Waals surface area contributed by atoms with Crippen molar-refractivity contribution in [3.63, 3.8) is 0 Å². The van der Waals surface area contributed by atoms with E-state index in [0.29, 0.717) is 18.9 Å². The molecule has 0 amide bonds. The Balaban J connectivity index is 1.96. The smallest absolute Gasteiger partial charge is 0.191 e. The van der Waals surface area contributed by atoms with Crippen molar-refractivity contribution in [2.24, 2.45) is 4.99 Å². The molecular weight excluding hydrogens is 230 g/mol. The maximum Gasteiger partial charge on any atom is 0.191 e. The first-order chi connectivity index (χ1) is 8.79. The SMILES string of the molecule is CCOc1cc(CNC2=NCCCN2)ccc1O. The number of phenols is 1. The normalized spacial score (nSPS) is 14.6. The number of nitrogens with zero attached hydrogens (tertiary/aromatic N) is 1. The van der Waals surface area contributed by atoms with Crippen molar-refractivity contribution in [2.75, 3.05) is 19.7 Å². The average Bonchev–Trinajstić information content (AvgIpc) is 2.41. The lowest BCUT2D eigenvalue weighted by molar-refractivity contribution is 0.317. The molecule has 0 radical (unpaired) electrons. The summed E-state index contributed by atoms with van der Waals surface area (Å²) in [6, 6.07) is 5.36. The van der Waals surface area contributed by atoms with Crippen molar-refractivity contribution < 1.29 is 9.84 Å². The number of aromatic hydroxyl groups is 1. The highest BCUT2D eigenvalue weighted by Crippen LogP contribution is 2.26. The van der Waals surface area contributed by atoms with E-state index < -0.39 is 0 Å². The van der Waals surface area contributed by atoms with E-state index in [-0.39, 0.29) is 5.75 Å². The third-order valence-corrected chi connectivity index (χ3v) is 2.68. The highest BCUT2D eigenvalue weighted by atomic mass is 16.5. The van der Waals surface area contributed by atoms with Gasteiger partial charge in [0.25, 0.3) is 0 Å². The molecule has 1 aliphatic rings. The number of guanidine groups is 1. The van der Waals surface area contributed by atoms with E-state index >= 15 is 0 Å². The predicted octanol–water partition coefficient (Wildman–Crippen LogP) is 1.23. The minimum absolute atomic E-state index is 0.175. The minimum Gasteiger partial charge on any atom is -0.504 e. The topological polar surface area (TPSA) is 65.9 Å². The summed E-state index contributed by atoms with van der Waals surface area (Å²) in [4.78, 5) is 4.33. The molecule has 0 fully saturated rings. The molecule has 5 heteroatoms. The first-order valence-corrected chi connectivity index (χ1v) is 6.26. The van der Waals surface area contributed by atoms with Gasteiger partial charge < -0.3 is 20.5 Å². The second kappa shape index (κ2) is 6.14. The summed E-state index contributed by atoms with van der Waals surface area (Å²) < 4.78 is 5.35. The van der Waals surface area contributed by atoms with Crippen LogP contribution in [0.2, 0.25) is 0 Å². The molecule has 3 N–H and O–H groups in total. The van der Waals surface area contributed by atoms with Crippen molar-refractivity contribution in [3.05, 3.63) is 23.8 Å². The molecule has 0 bridgehead atoms. The van der Waals surface area contributed by atoms with E-state index in [1.807, 2.05) is 19.1 Å². The van der Waals surface area contributed by atoms with E-state index in [1.165, 1.54) is 0 Å². The summed E-state index contributed by atoms with van der Waals surface area (Å²) in [6.45, 7) is 4.93. The van der Waals surface area contributed by atoms with Gasteiger partial charge >= 0.3 is 0 Å². The fraction of sp³-hybridized carbons (Fsp3) is 0.462. The van der Waals surface area contributed by atoms with Crippen LogP contribution >= 0.6 is 0 Å². The van der Waals surface area contributed by atoms with Gasteiger partial charge in [-0.3, -0.25) is 4.99 Å². The van der Waals surface area contributed by atoms with Crippen LogP contribution in [-0.2, 0) is 6.54 Å². The lowest BCUT2D eigenvalue weighted by Crippen LogP contribution is -2.40. The Morgan fingerprint density at radius 2 is 2.39 bits per heavy atom. The Kier molecular flexibility index (Phi) is 4.28. The van der Waals surface area contributed by atoms with Crippen LogP contribution in [0.5, 0.6) is 11.5 Å². The van der Waals surface area contributed by atoms with Gasteiger partial charge in [-0.05, 0) is 31.0 Å². The van der Waals surface area contributed by atoms with Crippen LogP contribution < -0.4 is 15.4 Å². The molecule has 0 aliphatic carbocycles. The third-order valence-electron chi connectivity index (χ3n) is 2.68. The lowest BCUT2D eigenvalue weighted by atomic mass is 10.2. The molecule has 2 rings (SSSR count). The Bertz CT molecular complexity index is 432. The number of ether oxygens (including phenoxy) is 1. The van der Waals surface area contributed by atoms with E-state index in [1.54, 1.807) is 6.07 Å². The fourth-order valence-electron chi connectivity index (χ4n) is 1.78. The molecule has 0 unspecified atom stereocenters. The Hall–Kier alpha value is -1.91. The minimum atomic E-state index is 0.175. The van der Waals surface area contributed by atoms with E-state index in [2.05, 4.69) is 15.6 Å². The van der Waals surface area contributed by atoms with Crippen LogP contribution in [0.25, 0.3) is 0 Å².